The Morgan fingerprint density at radius 1 is 1.12 bits per heavy atom. The number of benzene rings is 2. The van der Waals surface area contributed by atoms with Crippen LogP contribution in [0.2, 0.25) is 0 Å². The molecule has 5 nitrogen and oxygen atoms in total. The molecule has 3 aromatic rings. The quantitative estimate of drug-likeness (QED) is 0.690. The highest BCUT2D eigenvalue weighted by Gasteiger charge is 2.17. The fourth-order valence-corrected chi connectivity index (χ4v) is 3.30. The number of aryl methyl sites for hydroxylation is 1. The molecule has 0 fully saturated rings. The van der Waals surface area contributed by atoms with Gasteiger partial charge in [-0.3, -0.25) is 9.36 Å². The smallest absolute Gasteiger partial charge is 0.230 e. The molecule has 3 rings (SSSR count). The number of carbonyl (C=O) groups is 1. The first-order valence-corrected chi connectivity index (χ1v) is 9.15. The lowest BCUT2D eigenvalue weighted by molar-refractivity contribution is -0.118. The van der Waals surface area contributed by atoms with Gasteiger partial charge in [-0.1, -0.05) is 53.7 Å². The second-order valence-electron chi connectivity index (χ2n) is 5.59. The van der Waals surface area contributed by atoms with Crippen molar-refractivity contribution in [3.05, 3.63) is 60.2 Å². The van der Waals surface area contributed by atoms with Gasteiger partial charge < -0.3 is 5.32 Å². The van der Waals surface area contributed by atoms with Crippen molar-refractivity contribution in [2.75, 3.05) is 12.3 Å². The third-order valence-corrected chi connectivity index (χ3v) is 4.56. The van der Waals surface area contributed by atoms with Crippen LogP contribution in [-0.2, 0) is 4.79 Å². The molecule has 0 aliphatic carbocycles. The predicted octanol–water partition coefficient (Wildman–Crippen LogP) is 3.47. The maximum Gasteiger partial charge on any atom is 0.230 e. The summed E-state index contributed by atoms with van der Waals surface area (Å²) in [6.45, 7) is 4.58. The zero-order chi connectivity index (χ0) is 17.6. The SMILES string of the molecule is CCNC(=O)CSc1nnc(-c2cccc(C)c2)n1-c1ccccc1. The van der Waals surface area contributed by atoms with E-state index in [2.05, 4.69) is 34.6 Å². The molecule has 0 saturated carbocycles. The van der Waals surface area contributed by atoms with Crippen molar-refractivity contribution in [3.8, 4) is 17.1 Å². The van der Waals surface area contributed by atoms with Crippen LogP contribution < -0.4 is 5.32 Å². The number of nitrogens with one attached hydrogen (secondary N) is 1. The van der Waals surface area contributed by atoms with E-state index in [-0.39, 0.29) is 5.91 Å². The Bertz CT molecular complexity index is 861. The maximum absolute atomic E-state index is 11.8. The molecule has 6 heteroatoms. The number of hydrogen-bond donors (Lipinski definition) is 1. The summed E-state index contributed by atoms with van der Waals surface area (Å²) in [5, 5.41) is 12.2. The number of aromatic nitrogens is 3. The standard InChI is InChI=1S/C19H20N4OS/c1-3-20-17(24)13-25-19-22-21-18(15-9-7-8-14(2)12-15)23(19)16-10-5-4-6-11-16/h4-12H,3,13H2,1-2H3,(H,20,24). The Labute approximate surface area is 151 Å². The first-order valence-electron chi connectivity index (χ1n) is 8.16. The van der Waals surface area contributed by atoms with Crippen molar-refractivity contribution in [2.24, 2.45) is 0 Å². The van der Waals surface area contributed by atoms with E-state index >= 15 is 0 Å². The van der Waals surface area contributed by atoms with Crippen molar-refractivity contribution >= 4 is 17.7 Å². The van der Waals surface area contributed by atoms with Crippen LogP contribution in [0.25, 0.3) is 17.1 Å². The van der Waals surface area contributed by atoms with E-state index in [0.29, 0.717) is 17.5 Å². The van der Waals surface area contributed by atoms with Gasteiger partial charge in [0, 0.05) is 17.8 Å². The van der Waals surface area contributed by atoms with Gasteiger partial charge in [-0.25, -0.2) is 0 Å². The summed E-state index contributed by atoms with van der Waals surface area (Å²) >= 11 is 1.39. The molecule has 2 aromatic carbocycles. The van der Waals surface area contributed by atoms with Crippen molar-refractivity contribution in [2.45, 2.75) is 19.0 Å². The molecule has 128 valence electrons. The fraction of sp³-hybridized carbons (Fsp3) is 0.211. The number of nitrogens with zero attached hydrogens (tertiary/aromatic N) is 3. The van der Waals surface area contributed by atoms with Crippen LogP contribution in [0.15, 0.2) is 59.8 Å². The van der Waals surface area contributed by atoms with Crippen molar-refractivity contribution in [1.29, 1.82) is 0 Å². The zero-order valence-corrected chi connectivity index (χ0v) is 15.1. The Hall–Kier alpha value is -2.60. The molecule has 1 aromatic heterocycles. The van der Waals surface area contributed by atoms with E-state index in [1.54, 1.807) is 0 Å². The summed E-state index contributed by atoms with van der Waals surface area (Å²) < 4.78 is 2.00. The van der Waals surface area contributed by atoms with Gasteiger partial charge in [-0.15, -0.1) is 10.2 Å². The van der Waals surface area contributed by atoms with Crippen LogP contribution in [0.5, 0.6) is 0 Å². The highest BCUT2D eigenvalue weighted by Crippen LogP contribution is 2.28. The summed E-state index contributed by atoms with van der Waals surface area (Å²) in [6, 6.07) is 18.1. The van der Waals surface area contributed by atoms with E-state index in [4.69, 9.17) is 0 Å². The first-order chi connectivity index (χ1) is 12.2. The van der Waals surface area contributed by atoms with E-state index in [1.165, 1.54) is 11.8 Å². The number of hydrogen-bond acceptors (Lipinski definition) is 4. The molecule has 0 atom stereocenters. The minimum atomic E-state index is -0.00721. The molecule has 0 unspecified atom stereocenters. The summed E-state index contributed by atoms with van der Waals surface area (Å²) in [4.78, 5) is 11.8. The van der Waals surface area contributed by atoms with Gasteiger partial charge in [0.1, 0.15) is 0 Å². The molecule has 0 bridgehead atoms. The fourth-order valence-electron chi connectivity index (χ4n) is 2.52. The zero-order valence-electron chi connectivity index (χ0n) is 14.3. The minimum Gasteiger partial charge on any atom is -0.356 e. The normalized spacial score (nSPS) is 10.6. The second kappa shape index (κ2) is 7.98. The lowest BCUT2D eigenvalue weighted by Gasteiger charge is -2.10. The lowest BCUT2D eigenvalue weighted by atomic mass is 10.1. The number of para-hydroxylation sites is 1. The van der Waals surface area contributed by atoms with Crippen molar-refractivity contribution < 1.29 is 4.79 Å². The van der Waals surface area contributed by atoms with Gasteiger partial charge in [0.05, 0.1) is 5.75 Å². The van der Waals surface area contributed by atoms with Crippen molar-refractivity contribution in [3.63, 3.8) is 0 Å². The maximum atomic E-state index is 11.8. The minimum absolute atomic E-state index is 0.00721. The molecule has 1 N–H and O–H groups in total. The molecular weight excluding hydrogens is 332 g/mol. The molecule has 1 amide bonds. The monoisotopic (exact) mass is 352 g/mol. The Morgan fingerprint density at radius 2 is 1.92 bits per heavy atom. The Morgan fingerprint density at radius 3 is 2.64 bits per heavy atom. The number of thioether (sulfide) groups is 1. The van der Waals surface area contributed by atoms with Crippen LogP contribution in [0, 0.1) is 6.92 Å². The van der Waals surface area contributed by atoms with Gasteiger partial charge in [-0.05, 0) is 32.0 Å². The molecule has 25 heavy (non-hydrogen) atoms. The van der Waals surface area contributed by atoms with Gasteiger partial charge in [0.15, 0.2) is 11.0 Å². The van der Waals surface area contributed by atoms with E-state index in [0.717, 1.165) is 22.6 Å². The van der Waals surface area contributed by atoms with E-state index < -0.39 is 0 Å². The van der Waals surface area contributed by atoms with Crippen LogP contribution in [0.1, 0.15) is 12.5 Å². The van der Waals surface area contributed by atoms with Crippen LogP contribution in [0.3, 0.4) is 0 Å². The van der Waals surface area contributed by atoms with Gasteiger partial charge >= 0.3 is 0 Å². The molecule has 1 heterocycles. The van der Waals surface area contributed by atoms with Gasteiger partial charge in [0.2, 0.25) is 5.91 Å². The van der Waals surface area contributed by atoms with Crippen LogP contribution in [-0.4, -0.2) is 33.0 Å². The van der Waals surface area contributed by atoms with Gasteiger partial charge in [-0.2, -0.15) is 0 Å². The average molecular weight is 352 g/mol. The molecule has 0 radical (unpaired) electrons. The summed E-state index contributed by atoms with van der Waals surface area (Å²) in [5.74, 6) is 1.08. The molecule has 0 spiro atoms. The molecular formula is C19H20N4OS. The highest BCUT2D eigenvalue weighted by atomic mass is 32.2. The third kappa shape index (κ3) is 4.09. The van der Waals surface area contributed by atoms with E-state index in [1.807, 2.05) is 54.0 Å². The van der Waals surface area contributed by atoms with Gasteiger partial charge in [0.25, 0.3) is 0 Å². The molecule has 0 aliphatic rings. The van der Waals surface area contributed by atoms with E-state index in [9.17, 15) is 4.79 Å². The first kappa shape index (κ1) is 17.2. The predicted molar refractivity (Wildman–Crippen MR) is 101 cm³/mol. The molecule has 0 aliphatic heterocycles. The molecule has 0 saturated heterocycles. The summed E-state index contributed by atoms with van der Waals surface area (Å²) in [7, 11) is 0. The summed E-state index contributed by atoms with van der Waals surface area (Å²) in [6.07, 6.45) is 0. The number of carbonyl (C=O) groups excluding carboxylic acids is 1. The number of rotatable bonds is 6. The lowest BCUT2D eigenvalue weighted by Crippen LogP contribution is -2.24. The highest BCUT2D eigenvalue weighted by molar-refractivity contribution is 7.99. The average Bonchev–Trinajstić information content (AvgIpc) is 3.05. The largest absolute Gasteiger partial charge is 0.356 e. The topological polar surface area (TPSA) is 59.8 Å². The van der Waals surface area contributed by atoms with Crippen LogP contribution >= 0.6 is 11.8 Å². The number of amides is 1. The Kier molecular flexibility index (Phi) is 5.50. The van der Waals surface area contributed by atoms with Crippen molar-refractivity contribution in [1.82, 2.24) is 20.1 Å². The Balaban J connectivity index is 2.00. The third-order valence-electron chi connectivity index (χ3n) is 3.63. The van der Waals surface area contributed by atoms with Crippen LogP contribution in [0.4, 0.5) is 0 Å². The second-order valence-corrected chi connectivity index (χ2v) is 6.53. The summed E-state index contributed by atoms with van der Waals surface area (Å²) in [5.41, 5.74) is 3.14.